The van der Waals surface area contributed by atoms with E-state index in [0.717, 1.165) is 53.7 Å². The molecule has 7 heteroatoms. The molecular formula is C43H42N4O3. The molecule has 2 heterocycles. The number of rotatable bonds is 10. The predicted molar refractivity (Wildman–Crippen MR) is 200 cm³/mol. The minimum absolute atomic E-state index is 0.0696. The molecule has 0 bridgehead atoms. The summed E-state index contributed by atoms with van der Waals surface area (Å²) in [6.45, 7) is 4.27. The smallest absolute Gasteiger partial charge is 0.330 e. The first kappa shape index (κ1) is 33.0. The highest BCUT2D eigenvalue weighted by Gasteiger charge is 2.39. The number of hydrogen-bond donors (Lipinski definition) is 2. The van der Waals surface area contributed by atoms with Crippen molar-refractivity contribution in [2.24, 2.45) is 4.99 Å². The van der Waals surface area contributed by atoms with Crippen LogP contribution in [0.2, 0.25) is 0 Å². The van der Waals surface area contributed by atoms with E-state index in [4.69, 9.17) is 4.99 Å². The van der Waals surface area contributed by atoms with Crippen LogP contribution in [-0.2, 0) is 22.6 Å². The molecule has 0 unspecified atom stereocenters. The lowest BCUT2D eigenvalue weighted by atomic mass is 9.87. The van der Waals surface area contributed by atoms with Gasteiger partial charge in [-0.1, -0.05) is 121 Å². The number of amides is 1. The van der Waals surface area contributed by atoms with E-state index in [0.29, 0.717) is 30.1 Å². The van der Waals surface area contributed by atoms with Crippen LogP contribution in [0.4, 0.5) is 11.4 Å². The van der Waals surface area contributed by atoms with Crippen molar-refractivity contribution < 1.29 is 14.7 Å². The van der Waals surface area contributed by atoms with Gasteiger partial charge in [0, 0.05) is 29.9 Å². The van der Waals surface area contributed by atoms with E-state index in [1.165, 1.54) is 5.56 Å². The van der Waals surface area contributed by atoms with E-state index in [1.807, 2.05) is 97.9 Å². The van der Waals surface area contributed by atoms with Crippen molar-refractivity contribution >= 4 is 29.0 Å². The van der Waals surface area contributed by atoms with Crippen LogP contribution >= 0.6 is 0 Å². The zero-order valence-corrected chi connectivity index (χ0v) is 28.3. The second kappa shape index (κ2) is 14.9. The molecule has 0 saturated carbocycles. The number of para-hydroxylation sites is 1. The SMILES string of the molecule is Cc1ccc(N2CCc3ccccc3[C@@H]2[C@H](N=C(c2ccccc2)c2ccccc2NC(=O)[C@@H]2CCCN2Cc2ccccc2)C(=O)O)cc1. The Morgan fingerprint density at radius 2 is 1.50 bits per heavy atom. The molecule has 7 nitrogen and oxygen atoms in total. The third kappa shape index (κ3) is 7.09. The number of carboxylic acids is 1. The first-order valence-corrected chi connectivity index (χ1v) is 17.4. The number of hydrogen-bond acceptors (Lipinski definition) is 5. The second-order valence-electron chi connectivity index (χ2n) is 13.2. The number of nitrogens with one attached hydrogen (secondary N) is 1. The van der Waals surface area contributed by atoms with E-state index in [-0.39, 0.29) is 11.9 Å². The normalized spacial score (nSPS) is 18.3. The van der Waals surface area contributed by atoms with Crippen LogP contribution in [0.1, 0.15) is 52.3 Å². The molecule has 2 aliphatic rings. The molecule has 3 atom stereocenters. The molecule has 5 aromatic carbocycles. The number of carbonyl (C=O) groups excluding carboxylic acids is 1. The van der Waals surface area contributed by atoms with Crippen molar-refractivity contribution in [3.05, 3.63) is 167 Å². The molecule has 50 heavy (non-hydrogen) atoms. The molecule has 252 valence electrons. The number of aryl methyl sites for hydroxylation is 1. The average Bonchev–Trinajstić information content (AvgIpc) is 3.61. The summed E-state index contributed by atoms with van der Waals surface area (Å²) in [5, 5.41) is 14.2. The van der Waals surface area contributed by atoms with Gasteiger partial charge < -0.3 is 15.3 Å². The van der Waals surface area contributed by atoms with E-state index in [1.54, 1.807) is 0 Å². The maximum absolute atomic E-state index is 14.0. The van der Waals surface area contributed by atoms with Crippen molar-refractivity contribution in [2.75, 3.05) is 23.3 Å². The van der Waals surface area contributed by atoms with Gasteiger partial charge in [-0.15, -0.1) is 0 Å². The fourth-order valence-corrected chi connectivity index (χ4v) is 7.41. The molecule has 5 aromatic rings. The second-order valence-corrected chi connectivity index (χ2v) is 13.2. The molecule has 2 aliphatic heterocycles. The standard InChI is InChI=1S/C43H42N4O3/c1-30-22-24-34(25-23-30)47-28-26-32-15-8-9-18-35(32)41(47)40(43(49)50)45-39(33-16-6-3-7-17-33)36-19-10-11-20-37(36)44-42(48)38-21-12-27-46(38)29-31-13-4-2-5-14-31/h2-11,13-20,22-25,38,40-41H,12,21,26-29H2,1H3,(H,44,48)(H,49,50)/t38-,40-,41+/m0/s1. The molecule has 2 N–H and O–H groups in total. The van der Waals surface area contributed by atoms with Crippen molar-refractivity contribution in [1.29, 1.82) is 0 Å². The van der Waals surface area contributed by atoms with Gasteiger partial charge in [0.1, 0.15) is 0 Å². The Labute approximate surface area is 293 Å². The van der Waals surface area contributed by atoms with Gasteiger partial charge in [-0.05, 0) is 67.6 Å². The Morgan fingerprint density at radius 1 is 0.820 bits per heavy atom. The van der Waals surface area contributed by atoms with E-state index in [2.05, 4.69) is 57.6 Å². The van der Waals surface area contributed by atoms with Gasteiger partial charge in [-0.3, -0.25) is 14.7 Å². The van der Waals surface area contributed by atoms with Crippen molar-refractivity contribution in [1.82, 2.24) is 4.90 Å². The Balaban J connectivity index is 1.29. The molecule has 1 saturated heterocycles. The number of benzene rings is 5. The minimum atomic E-state index is -1.15. The largest absolute Gasteiger partial charge is 0.480 e. The van der Waals surface area contributed by atoms with E-state index in [9.17, 15) is 14.7 Å². The predicted octanol–water partition coefficient (Wildman–Crippen LogP) is 7.69. The highest BCUT2D eigenvalue weighted by atomic mass is 16.4. The molecular weight excluding hydrogens is 620 g/mol. The summed E-state index contributed by atoms with van der Waals surface area (Å²) in [4.78, 5) is 37.0. The maximum Gasteiger partial charge on any atom is 0.330 e. The van der Waals surface area contributed by atoms with Gasteiger partial charge in [0.2, 0.25) is 5.91 Å². The van der Waals surface area contributed by atoms with E-state index < -0.39 is 18.1 Å². The Hall–Kier alpha value is -5.53. The van der Waals surface area contributed by atoms with Crippen LogP contribution in [0.3, 0.4) is 0 Å². The minimum Gasteiger partial charge on any atom is -0.480 e. The number of nitrogens with zero attached hydrogens (tertiary/aromatic N) is 3. The van der Waals surface area contributed by atoms with Gasteiger partial charge >= 0.3 is 5.97 Å². The first-order chi connectivity index (χ1) is 24.5. The molecule has 1 amide bonds. The number of carbonyl (C=O) groups is 2. The Morgan fingerprint density at radius 3 is 2.26 bits per heavy atom. The van der Waals surface area contributed by atoms with Crippen molar-refractivity contribution in [3.8, 4) is 0 Å². The highest BCUT2D eigenvalue weighted by molar-refractivity contribution is 6.17. The van der Waals surface area contributed by atoms with Crippen LogP contribution in [0.15, 0.2) is 138 Å². The van der Waals surface area contributed by atoms with Crippen molar-refractivity contribution in [3.63, 3.8) is 0 Å². The topological polar surface area (TPSA) is 85.2 Å². The van der Waals surface area contributed by atoms with Crippen molar-refractivity contribution in [2.45, 2.75) is 50.9 Å². The van der Waals surface area contributed by atoms with Crippen LogP contribution in [-0.4, -0.2) is 52.8 Å². The number of anilines is 2. The van der Waals surface area contributed by atoms with Crippen LogP contribution in [0, 0.1) is 6.92 Å². The zero-order valence-electron chi connectivity index (χ0n) is 28.3. The average molecular weight is 663 g/mol. The molecule has 1 fully saturated rings. The monoisotopic (exact) mass is 662 g/mol. The fraction of sp³-hybridized carbons (Fsp3) is 0.233. The van der Waals surface area contributed by atoms with Gasteiger partial charge in [-0.2, -0.15) is 0 Å². The summed E-state index contributed by atoms with van der Waals surface area (Å²) in [6.07, 6.45) is 2.53. The zero-order chi connectivity index (χ0) is 34.5. The van der Waals surface area contributed by atoms with Gasteiger partial charge in [-0.25, -0.2) is 4.79 Å². The number of aliphatic carboxylic acids is 1. The first-order valence-electron chi connectivity index (χ1n) is 17.4. The van der Waals surface area contributed by atoms with Gasteiger partial charge in [0.15, 0.2) is 6.04 Å². The summed E-state index contributed by atoms with van der Waals surface area (Å²) < 4.78 is 0. The lowest BCUT2D eigenvalue weighted by Gasteiger charge is -2.41. The van der Waals surface area contributed by atoms with Crippen LogP contribution in [0.5, 0.6) is 0 Å². The number of likely N-dealkylation sites (tertiary alicyclic amines) is 1. The number of carboxylic acid groups (broad SMARTS) is 1. The fourth-order valence-electron chi connectivity index (χ4n) is 7.41. The van der Waals surface area contributed by atoms with Gasteiger partial charge in [0.05, 0.1) is 23.5 Å². The number of fused-ring (bicyclic) bond motifs is 1. The van der Waals surface area contributed by atoms with E-state index >= 15 is 0 Å². The summed E-state index contributed by atoms with van der Waals surface area (Å²) in [7, 11) is 0. The lowest BCUT2D eigenvalue weighted by molar-refractivity contribution is -0.139. The molecule has 7 rings (SSSR count). The summed E-state index contributed by atoms with van der Waals surface area (Å²) in [6, 6.07) is 41.9. The van der Waals surface area contributed by atoms with Crippen LogP contribution in [0.25, 0.3) is 0 Å². The van der Waals surface area contributed by atoms with Gasteiger partial charge in [0.25, 0.3) is 0 Å². The molecule has 0 spiro atoms. The molecule has 0 aromatic heterocycles. The Bertz CT molecular complexity index is 1980. The summed E-state index contributed by atoms with van der Waals surface area (Å²) in [5.74, 6) is -1.08. The maximum atomic E-state index is 14.0. The third-order valence-corrected chi connectivity index (χ3v) is 9.90. The molecule has 0 aliphatic carbocycles. The molecule has 0 radical (unpaired) electrons. The highest BCUT2D eigenvalue weighted by Crippen LogP contribution is 2.38. The summed E-state index contributed by atoms with van der Waals surface area (Å²) in [5.41, 5.74) is 7.95. The Kier molecular flexibility index (Phi) is 9.85. The summed E-state index contributed by atoms with van der Waals surface area (Å²) >= 11 is 0. The number of aliphatic imine (C=N–C) groups is 1. The van der Waals surface area contributed by atoms with Crippen LogP contribution < -0.4 is 10.2 Å². The quantitative estimate of drug-likeness (QED) is 0.150. The third-order valence-electron chi connectivity index (χ3n) is 9.90. The lowest BCUT2D eigenvalue weighted by Crippen LogP contribution is -2.44.